The maximum atomic E-state index is 13.5. The van der Waals surface area contributed by atoms with Gasteiger partial charge in [0.1, 0.15) is 5.82 Å². The summed E-state index contributed by atoms with van der Waals surface area (Å²) in [5.74, 6) is -0.255. The number of benzene rings is 2. The second-order valence-corrected chi connectivity index (χ2v) is 5.35. The van der Waals surface area contributed by atoms with Gasteiger partial charge in [0.2, 0.25) is 0 Å². The molecule has 0 bridgehead atoms. The summed E-state index contributed by atoms with van der Waals surface area (Å²) in [7, 11) is 0. The molecule has 0 fully saturated rings. The van der Waals surface area contributed by atoms with E-state index in [4.69, 9.17) is 0 Å². The van der Waals surface area contributed by atoms with Crippen LogP contribution in [0, 0.1) is 5.82 Å². The van der Waals surface area contributed by atoms with E-state index in [1.54, 1.807) is 6.07 Å². The van der Waals surface area contributed by atoms with Crippen molar-refractivity contribution in [1.82, 2.24) is 0 Å². The predicted octanol–water partition coefficient (Wildman–Crippen LogP) is 4.96. The summed E-state index contributed by atoms with van der Waals surface area (Å²) in [5.41, 5.74) is 1.59. The number of hydrogen-bond donors (Lipinski definition) is 1. The van der Waals surface area contributed by atoms with E-state index in [0.29, 0.717) is 12.2 Å². The Labute approximate surface area is 116 Å². The van der Waals surface area contributed by atoms with Crippen molar-refractivity contribution < 1.29 is 4.39 Å². The molecule has 0 aliphatic rings. The van der Waals surface area contributed by atoms with Crippen LogP contribution >= 0.6 is 31.9 Å². The van der Waals surface area contributed by atoms with Crippen molar-refractivity contribution in [3.05, 3.63) is 62.8 Å². The van der Waals surface area contributed by atoms with Gasteiger partial charge in [0, 0.05) is 15.5 Å². The van der Waals surface area contributed by atoms with E-state index in [9.17, 15) is 4.39 Å². The van der Waals surface area contributed by atoms with Gasteiger partial charge in [-0.25, -0.2) is 4.39 Å². The molecule has 88 valence electrons. The molecule has 0 aliphatic heterocycles. The molecular weight excluding hydrogens is 349 g/mol. The van der Waals surface area contributed by atoms with Crippen LogP contribution in [0.25, 0.3) is 0 Å². The van der Waals surface area contributed by atoms with Crippen LogP contribution in [0.5, 0.6) is 0 Å². The Bertz CT molecular complexity index is 508. The fourth-order valence-electron chi connectivity index (χ4n) is 1.50. The number of halogens is 3. The Hall–Kier alpha value is -0.870. The van der Waals surface area contributed by atoms with E-state index in [2.05, 4.69) is 37.2 Å². The van der Waals surface area contributed by atoms with Gasteiger partial charge in [0.15, 0.2) is 0 Å². The number of para-hydroxylation sites is 1. The van der Waals surface area contributed by atoms with E-state index >= 15 is 0 Å². The largest absolute Gasteiger partial charge is 0.378 e. The lowest BCUT2D eigenvalue weighted by molar-refractivity contribution is 0.629. The first-order chi connectivity index (χ1) is 8.16. The van der Waals surface area contributed by atoms with E-state index < -0.39 is 0 Å². The monoisotopic (exact) mass is 357 g/mol. The molecule has 17 heavy (non-hydrogen) atoms. The number of nitrogens with one attached hydrogen (secondary N) is 1. The maximum absolute atomic E-state index is 13.5. The van der Waals surface area contributed by atoms with Crippen molar-refractivity contribution in [2.24, 2.45) is 0 Å². The van der Waals surface area contributed by atoms with Crippen LogP contribution in [0.15, 0.2) is 51.4 Å². The Kier molecular flexibility index (Phi) is 4.18. The summed E-state index contributed by atoms with van der Waals surface area (Å²) >= 11 is 6.73. The zero-order chi connectivity index (χ0) is 12.3. The topological polar surface area (TPSA) is 12.0 Å². The lowest BCUT2D eigenvalue weighted by atomic mass is 10.2. The molecule has 0 atom stereocenters. The van der Waals surface area contributed by atoms with Crippen LogP contribution < -0.4 is 5.32 Å². The van der Waals surface area contributed by atoms with Gasteiger partial charge < -0.3 is 5.32 Å². The molecule has 2 aromatic rings. The SMILES string of the molecule is Fc1cccc(Br)c1NCc1cccc(Br)c1. The Morgan fingerprint density at radius 3 is 2.53 bits per heavy atom. The molecule has 2 aromatic carbocycles. The van der Waals surface area contributed by atoms with E-state index in [1.807, 2.05) is 30.3 Å². The van der Waals surface area contributed by atoms with Crippen molar-refractivity contribution in [1.29, 1.82) is 0 Å². The molecule has 1 nitrogen and oxygen atoms in total. The maximum Gasteiger partial charge on any atom is 0.147 e. The van der Waals surface area contributed by atoms with Gasteiger partial charge in [-0.3, -0.25) is 0 Å². The van der Waals surface area contributed by atoms with Gasteiger partial charge in [0.05, 0.1) is 5.69 Å². The van der Waals surface area contributed by atoms with Crippen LogP contribution in [-0.4, -0.2) is 0 Å². The van der Waals surface area contributed by atoms with E-state index in [-0.39, 0.29) is 5.82 Å². The van der Waals surface area contributed by atoms with Gasteiger partial charge in [-0.2, -0.15) is 0 Å². The molecule has 0 aliphatic carbocycles. The molecule has 0 radical (unpaired) electrons. The lowest BCUT2D eigenvalue weighted by Gasteiger charge is -2.09. The van der Waals surface area contributed by atoms with Crippen molar-refractivity contribution in [2.45, 2.75) is 6.54 Å². The number of rotatable bonds is 3. The molecule has 0 heterocycles. The van der Waals surface area contributed by atoms with Crippen LogP contribution in [0.2, 0.25) is 0 Å². The van der Waals surface area contributed by atoms with Crippen molar-refractivity contribution in [3.63, 3.8) is 0 Å². The average Bonchev–Trinajstić information content (AvgIpc) is 2.28. The fraction of sp³-hybridized carbons (Fsp3) is 0.0769. The summed E-state index contributed by atoms with van der Waals surface area (Å²) in [5, 5.41) is 3.08. The molecular formula is C13H10Br2FN. The van der Waals surface area contributed by atoms with Crippen molar-refractivity contribution in [3.8, 4) is 0 Å². The normalized spacial score (nSPS) is 10.3. The molecule has 1 N–H and O–H groups in total. The highest BCUT2D eigenvalue weighted by molar-refractivity contribution is 9.10. The summed E-state index contributed by atoms with van der Waals surface area (Å²) < 4.78 is 15.3. The first-order valence-electron chi connectivity index (χ1n) is 5.09. The van der Waals surface area contributed by atoms with Gasteiger partial charge in [-0.05, 0) is 45.8 Å². The average molecular weight is 359 g/mol. The third-order valence-electron chi connectivity index (χ3n) is 2.32. The first-order valence-corrected chi connectivity index (χ1v) is 6.68. The molecule has 0 aromatic heterocycles. The molecule has 0 unspecified atom stereocenters. The van der Waals surface area contributed by atoms with Crippen LogP contribution in [0.3, 0.4) is 0 Å². The molecule has 0 saturated heterocycles. The smallest absolute Gasteiger partial charge is 0.147 e. The Morgan fingerprint density at radius 2 is 1.82 bits per heavy atom. The molecule has 4 heteroatoms. The molecule has 0 amide bonds. The minimum Gasteiger partial charge on any atom is -0.378 e. The van der Waals surface area contributed by atoms with Gasteiger partial charge in [-0.1, -0.05) is 34.1 Å². The Balaban J connectivity index is 2.13. The van der Waals surface area contributed by atoms with Crippen molar-refractivity contribution in [2.75, 3.05) is 5.32 Å². The lowest BCUT2D eigenvalue weighted by Crippen LogP contribution is -2.02. The van der Waals surface area contributed by atoms with E-state index in [0.717, 1.165) is 14.5 Å². The summed E-state index contributed by atoms with van der Waals surface area (Å²) in [6.45, 7) is 0.582. The van der Waals surface area contributed by atoms with Gasteiger partial charge >= 0.3 is 0 Å². The third kappa shape index (κ3) is 3.30. The van der Waals surface area contributed by atoms with Gasteiger partial charge in [-0.15, -0.1) is 0 Å². The first kappa shape index (κ1) is 12.6. The zero-order valence-electron chi connectivity index (χ0n) is 8.88. The highest BCUT2D eigenvalue weighted by Crippen LogP contribution is 2.25. The van der Waals surface area contributed by atoms with Crippen molar-refractivity contribution >= 4 is 37.5 Å². The standard InChI is InChI=1S/C13H10Br2FN/c14-10-4-1-3-9(7-10)8-17-13-11(15)5-2-6-12(13)16/h1-7,17H,8H2. The minimum absolute atomic E-state index is 0.255. The molecule has 0 saturated carbocycles. The summed E-state index contributed by atoms with van der Waals surface area (Å²) in [4.78, 5) is 0. The fourth-order valence-corrected chi connectivity index (χ4v) is 2.43. The second-order valence-electron chi connectivity index (χ2n) is 3.58. The van der Waals surface area contributed by atoms with Crippen LogP contribution in [0.4, 0.5) is 10.1 Å². The summed E-state index contributed by atoms with van der Waals surface area (Å²) in [6.07, 6.45) is 0. The highest BCUT2D eigenvalue weighted by Gasteiger charge is 2.05. The van der Waals surface area contributed by atoms with E-state index in [1.165, 1.54) is 6.07 Å². The quantitative estimate of drug-likeness (QED) is 0.817. The van der Waals surface area contributed by atoms with Crippen LogP contribution in [-0.2, 0) is 6.54 Å². The molecule has 2 rings (SSSR count). The number of anilines is 1. The zero-order valence-corrected chi connectivity index (χ0v) is 12.1. The van der Waals surface area contributed by atoms with Gasteiger partial charge in [0.25, 0.3) is 0 Å². The Morgan fingerprint density at radius 1 is 1.06 bits per heavy atom. The number of hydrogen-bond acceptors (Lipinski definition) is 1. The molecule has 0 spiro atoms. The second kappa shape index (κ2) is 5.65. The van der Waals surface area contributed by atoms with Crippen LogP contribution in [0.1, 0.15) is 5.56 Å². The highest BCUT2D eigenvalue weighted by atomic mass is 79.9. The third-order valence-corrected chi connectivity index (χ3v) is 3.48. The minimum atomic E-state index is -0.255. The predicted molar refractivity (Wildman–Crippen MR) is 75.6 cm³/mol. The summed E-state index contributed by atoms with van der Waals surface area (Å²) in [6, 6.07) is 12.8.